The fourth-order valence-corrected chi connectivity index (χ4v) is 1.10. The predicted molar refractivity (Wildman–Crippen MR) is 41.9 cm³/mol. The fourth-order valence-electron chi connectivity index (χ4n) is 1.10. The van der Waals surface area contributed by atoms with Crippen molar-refractivity contribution in [1.29, 1.82) is 0 Å². The van der Waals surface area contributed by atoms with Gasteiger partial charge in [0, 0.05) is 0 Å². The van der Waals surface area contributed by atoms with E-state index in [1.54, 1.807) is 0 Å². The lowest BCUT2D eigenvalue weighted by atomic mass is 9.84. The van der Waals surface area contributed by atoms with E-state index in [2.05, 4.69) is 20.8 Å². The van der Waals surface area contributed by atoms with E-state index in [0.717, 1.165) is 12.7 Å². The molecule has 0 aliphatic carbocycles. The minimum atomic E-state index is 0.0648. The molecule has 1 aliphatic rings. The monoisotopic (exact) mass is 142 g/mol. The molecule has 1 fully saturated rings. The highest BCUT2D eigenvalue weighted by Gasteiger charge is 2.32. The average molecular weight is 142 g/mol. The maximum atomic E-state index is 5.49. The van der Waals surface area contributed by atoms with Crippen LogP contribution >= 0.6 is 0 Å². The molecule has 0 saturated carbocycles. The summed E-state index contributed by atoms with van der Waals surface area (Å²) in [6.45, 7) is 6.25. The Morgan fingerprint density at radius 1 is 1.20 bits per heavy atom. The van der Waals surface area contributed by atoms with Gasteiger partial charge in [-0.1, -0.05) is 13.3 Å². The van der Waals surface area contributed by atoms with E-state index < -0.39 is 0 Å². The Hall–Kier alpha value is -0.0151. The molecule has 0 radical (unpaired) electrons. The van der Waals surface area contributed by atoms with Gasteiger partial charge in [-0.05, 0) is 20.2 Å². The Balaban J connectivity index is 2.27. The van der Waals surface area contributed by atoms with Crippen LogP contribution in [0.1, 0.15) is 27.2 Å². The van der Waals surface area contributed by atoms with Crippen LogP contribution in [0.3, 0.4) is 0 Å². The van der Waals surface area contributed by atoms with Crippen LogP contribution in [0.25, 0.3) is 0 Å². The fraction of sp³-hybridized carbons (Fsp3) is 1.00. The summed E-state index contributed by atoms with van der Waals surface area (Å²) >= 11 is 0. The second kappa shape index (κ2) is 3.40. The van der Waals surface area contributed by atoms with Gasteiger partial charge in [0.25, 0.3) is 0 Å². The molecule has 0 bridgehead atoms. The van der Waals surface area contributed by atoms with E-state index >= 15 is 0 Å². The molecule has 0 aromatic heterocycles. The number of rotatable bonds is 2. The molecule has 0 amide bonds. The standard InChI is InChI=1S/C7H15BO2/c1-4-5-8-9-6(2)7(3)10-8/h6-7H,4-5H2,1-3H3/t6-,7-/m1/s1. The molecule has 1 rings (SSSR count). The first-order chi connectivity index (χ1) is 4.74. The molecule has 1 aliphatic heterocycles. The van der Waals surface area contributed by atoms with Gasteiger partial charge in [-0.3, -0.25) is 0 Å². The van der Waals surface area contributed by atoms with Gasteiger partial charge in [-0.15, -0.1) is 0 Å². The van der Waals surface area contributed by atoms with Gasteiger partial charge < -0.3 is 9.31 Å². The van der Waals surface area contributed by atoms with Crippen LogP contribution in [-0.2, 0) is 9.31 Å². The normalized spacial score (nSPS) is 33.3. The summed E-state index contributed by atoms with van der Waals surface area (Å²) in [6, 6.07) is 0. The molecule has 0 unspecified atom stereocenters. The van der Waals surface area contributed by atoms with Gasteiger partial charge in [0.15, 0.2) is 0 Å². The molecule has 0 spiro atoms. The first-order valence-electron chi connectivity index (χ1n) is 4.05. The minimum absolute atomic E-state index is 0.0648. The lowest BCUT2D eigenvalue weighted by Gasteiger charge is -2.04. The SMILES string of the molecule is CCCB1O[C@H](C)[C@@H](C)O1. The summed E-state index contributed by atoms with van der Waals surface area (Å²) in [4.78, 5) is 0. The highest BCUT2D eigenvalue weighted by atomic mass is 16.6. The summed E-state index contributed by atoms with van der Waals surface area (Å²) in [5, 5.41) is 0. The quantitative estimate of drug-likeness (QED) is 0.546. The lowest BCUT2D eigenvalue weighted by molar-refractivity contribution is 0.187. The van der Waals surface area contributed by atoms with Crippen LogP contribution in [0.2, 0.25) is 6.32 Å². The van der Waals surface area contributed by atoms with E-state index in [-0.39, 0.29) is 19.3 Å². The number of hydrogen-bond acceptors (Lipinski definition) is 2. The summed E-state index contributed by atoms with van der Waals surface area (Å²) < 4.78 is 11.0. The van der Waals surface area contributed by atoms with Crippen molar-refractivity contribution in [3.8, 4) is 0 Å². The van der Waals surface area contributed by atoms with Crippen LogP contribution in [0.4, 0.5) is 0 Å². The van der Waals surface area contributed by atoms with Crippen molar-refractivity contribution in [2.75, 3.05) is 0 Å². The van der Waals surface area contributed by atoms with Crippen molar-refractivity contribution < 1.29 is 9.31 Å². The predicted octanol–water partition coefficient (Wildman–Crippen LogP) is 1.71. The van der Waals surface area contributed by atoms with Crippen LogP contribution in [0.5, 0.6) is 0 Å². The highest BCUT2D eigenvalue weighted by molar-refractivity contribution is 6.45. The molecule has 58 valence electrons. The summed E-state index contributed by atoms with van der Waals surface area (Å²) in [5.41, 5.74) is 0. The van der Waals surface area contributed by atoms with Crippen molar-refractivity contribution in [1.82, 2.24) is 0 Å². The van der Waals surface area contributed by atoms with E-state index in [1.165, 1.54) is 0 Å². The zero-order chi connectivity index (χ0) is 7.56. The third-order valence-corrected chi connectivity index (χ3v) is 1.92. The van der Waals surface area contributed by atoms with Crippen LogP contribution in [0, 0.1) is 0 Å². The van der Waals surface area contributed by atoms with Gasteiger partial charge in [0.05, 0.1) is 12.2 Å². The molecule has 1 saturated heterocycles. The molecular weight excluding hydrogens is 127 g/mol. The third kappa shape index (κ3) is 1.73. The lowest BCUT2D eigenvalue weighted by Crippen LogP contribution is -2.13. The molecule has 10 heavy (non-hydrogen) atoms. The topological polar surface area (TPSA) is 18.5 Å². The van der Waals surface area contributed by atoms with Crippen molar-refractivity contribution >= 4 is 7.12 Å². The Kier molecular flexibility index (Phi) is 2.75. The first kappa shape index (κ1) is 8.09. The maximum absolute atomic E-state index is 5.49. The minimum Gasteiger partial charge on any atom is -0.406 e. The Morgan fingerprint density at radius 2 is 1.70 bits per heavy atom. The summed E-state index contributed by atoms with van der Waals surface area (Å²) in [6.07, 6.45) is 2.70. The summed E-state index contributed by atoms with van der Waals surface area (Å²) in [5.74, 6) is 0. The molecule has 0 N–H and O–H groups in total. The molecule has 3 heteroatoms. The smallest absolute Gasteiger partial charge is 0.406 e. The Labute approximate surface area is 63.0 Å². The Bertz CT molecular complexity index is 97.8. The van der Waals surface area contributed by atoms with E-state index in [9.17, 15) is 0 Å². The Morgan fingerprint density at radius 3 is 2.10 bits per heavy atom. The van der Waals surface area contributed by atoms with Crippen LogP contribution in [0.15, 0.2) is 0 Å². The van der Waals surface area contributed by atoms with Gasteiger partial charge in [0.1, 0.15) is 0 Å². The molecule has 2 nitrogen and oxygen atoms in total. The zero-order valence-corrected chi connectivity index (χ0v) is 6.96. The van der Waals surface area contributed by atoms with Gasteiger partial charge in [0.2, 0.25) is 0 Å². The molecule has 1 heterocycles. The second-order valence-corrected chi connectivity index (χ2v) is 2.90. The molecule has 0 aromatic rings. The second-order valence-electron chi connectivity index (χ2n) is 2.90. The highest BCUT2D eigenvalue weighted by Crippen LogP contribution is 2.18. The molecular formula is C7H15BO2. The van der Waals surface area contributed by atoms with E-state index in [4.69, 9.17) is 9.31 Å². The first-order valence-corrected chi connectivity index (χ1v) is 4.05. The van der Waals surface area contributed by atoms with Crippen molar-refractivity contribution in [3.63, 3.8) is 0 Å². The third-order valence-electron chi connectivity index (χ3n) is 1.92. The van der Waals surface area contributed by atoms with Gasteiger partial charge >= 0.3 is 7.12 Å². The zero-order valence-electron chi connectivity index (χ0n) is 6.96. The maximum Gasteiger partial charge on any atom is 0.457 e. The van der Waals surface area contributed by atoms with E-state index in [1.807, 2.05) is 0 Å². The van der Waals surface area contributed by atoms with Crippen molar-refractivity contribution in [2.45, 2.75) is 45.7 Å². The average Bonchev–Trinajstić information content (AvgIpc) is 2.14. The molecule has 0 aromatic carbocycles. The van der Waals surface area contributed by atoms with Crippen molar-refractivity contribution in [3.05, 3.63) is 0 Å². The number of hydrogen-bond donors (Lipinski definition) is 0. The summed E-state index contributed by atoms with van der Waals surface area (Å²) in [7, 11) is 0.0648. The van der Waals surface area contributed by atoms with Crippen molar-refractivity contribution in [2.24, 2.45) is 0 Å². The molecule has 2 atom stereocenters. The largest absolute Gasteiger partial charge is 0.457 e. The van der Waals surface area contributed by atoms with Crippen LogP contribution < -0.4 is 0 Å². The van der Waals surface area contributed by atoms with E-state index in [0.29, 0.717) is 0 Å². The van der Waals surface area contributed by atoms with Crippen LogP contribution in [-0.4, -0.2) is 19.3 Å². The van der Waals surface area contributed by atoms with Gasteiger partial charge in [-0.2, -0.15) is 0 Å². The van der Waals surface area contributed by atoms with Gasteiger partial charge in [-0.25, -0.2) is 0 Å².